The molecule has 0 heterocycles. The molecule has 1 rings (SSSR count). The lowest BCUT2D eigenvalue weighted by Gasteiger charge is -2.11. The van der Waals surface area contributed by atoms with Crippen molar-refractivity contribution < 1.29 is 9.53 Å². The molecular weight excluding hydrogens is 252 g/mol. The molecule has 0 bridgehead atoms. The van der Waals surface area contributed by atoms with Crippen LogP contribution in [0.5, 0.6) is 5.75 Å². The third-order valence-electron chi connectivity index (χ3n) is 2.32. The summed E-state index contributed by atoms with van der Waals surface area (Å²) < 4.78 is 5.38. The Balaban J connectivity index is 2.53. The van der Waals surface area contributed by atoms with E-state index in [4.69, 9.17) is 22.1 Å². The van der Waals surface area contributed by atoms with Crippen molar-refractivity contribution in [2.45, 2.75) is 32.9 Å². The number of primary amides is 1. The summed E-state index contributed by atoms with van der Waals surface area (Å²) in [5.74, 6) is 0.190. The minimum Gasteiger partial charge on any atom is -0.491 e. The van der Waals surface area contributed by atoms with Crippen LogP contribution in [0.2, 0.25) is 5.02 Å². The molecule has 0 atom stereocenters. The van der Waals surface area contributed by atoms with Gasteiger partial charge < -0.3 is 15.8 Å². The van der Waals surface area contributed by atoms with E-state index in [2.05, 4.69) is 19.2 Å². The van der Waals surface area contributed by atoms with E-state index in [-0.39, 0.29) is 18.9 Å². The van der Waals surface area contributed by atoms with Gasteiger partial charge in [-0.3, -0.25) is 4.79 Å². The lowest BCUT2D eigenvalue weighted by molar-refractivity contribution is -0.118. The molecular formula is C13H19ClN2O2. The SMILES string of the molecule is CC(C)NCc1ccc(OCCC(N)=O)c(Cl)c1. The Morgan fingerprint density at radius 2 is 2.22 bits per heavy atom. The summed E-state index contributed by atoms with van der Waals surface area (Å²) in [7, 11) is 0. The molecule has 0 fully saturated rings. The van der Waals surface area contributed by atoms with Crippen LogP contribution in [0.4, 0.5) is 0 Å². The van der Waals surface area contributed by atoms with Crippen LogP contribution < -0.4 is 15.8 Å². The van der Waals surface area contributed by atoms with E-state index in [1.165, 1.54) is 0 Å². The highest BCUT2D eigenvalue weighted by molar-refractivity contribution is 6.32. The normalized spacial score (nSPS) is 10.7. The summed E-state index contributed by atoms with van der Waals surface area (Å²) in [6, 6.07) is 6.04. The van der Waals surface area contributed by atoms with Gasteiger partial charge in [0.25, 0.3) is 0 Å². The standard InChI is InChI=1S/C13H19ClN2O2/c1-9(2)16-8-10-3-4-12(11(14)7-10)18-6-5-13(15)17/h3-4,7,9,16H,5-6,8H2,1-2H3,(H2,15,17). The minimum atomic E-state index is -0.385. The first-order chi connectivity index (χ1) is 8.49. The number of carbonyl (C=O) groups is 1. The number of hydrogen-bond donors (Lipinski definition) is 2. The maximum absolute atomic E-state index is 10.6. The lowest BCUT2D eigenvalue weighted by Crippen LogP contribution is -2.21. The number of carbonyl (C=O) groups excluding carboxylic acids is 1. The van der Waals surface area contributed by atoms with Gasteiger partial charge in [0, 0.05) is 12.6 Å². The molecule has 4 nitrogen and oxygen atoms in total. The van der Waals surface area contributed by atoms with Crippen LogP contribution in [-0.4, -0.2) is 18.6 Å². The van der Waals surface area contributed by atoms with Crippen LogP contribution in [0.3, 0.4) is 0 Å². The summed E-state index contributed by atoms with van der Waals surface area (Å²) in [4.78, 5) is 10.6. The van der Waals surface area contributed by atoms with Gasteiger partial charge in [0.1, 0.15) is 5.75 Å². The smallest absolute Gasteiger partial charge is 0.220 e. The van der Waals surface area contributed by atoms with Gasteiger partial charge in [0.2, 0.25) is 5.91 Å². The molecule has 0 aromatic heterocycles. The number of benzene rings is 1. The second-order valence-electron chi connectivity index (χ2n) is 4.37. The molecule has 5 heteroatoms. The van der Waals surface area contributed by atoms with Crippen LogP contribution in [-0.2, 0) is 11.3 Å². The molecule has 3 N–H and O–H groups in total. The first-order valence-corrected chi connectivity index (χ1v) is 6.29. The highest BCUT2D eigenvalue weighted by Crippen LogP contribution is 2.25. The number of rotatable bonds is 7. The van der Waals surface area contributed by atoms with Gasteiger partial charge in [-0.2, -0.15) is 0 Å². The minimum absolute atomic E-state index is 0.187. The predicted molar refractivity (Wildman–Crippen MR) is 72.7 cm³/mol. The number of nitrogens with one attached hydrogen (secondary N) is 1. The van der Waals surface area contributed by atoms with Gasteiger partial charge in [0.05, 0.1) is 18.1 Å². The van der Waals surface area contributed by atoms with Crippen LogP contribution in [0, 0.1) is 0 Å². The third-order valence-corrected chi connectivity index (χ3v) is 2.61. The Kier molecular flexibility index (Phi) is 5.95. The second kappa shape index (κ2) is 7.24. The first-order valence-electron chi connectivity index (χ1n) is 5.92. The van der Waals surface area contributed by atoms with E-state index in [9.17, 15) is 4.79 Å². The molecule has 0 radical (unpaired) electrons. The van der Waals surface area contributed by atoms with Crippen LogP contribution in [0.25, 0.3) is 0 Å². The van der Waals surface area contributed by atoms with E-state index in [0.717, 1.165) is 12.1 Å². The summed E-state index contributed by atoms with van der Waals surface area (Å²) in [6.07, 6.45) is 0.187. The number of hydrogen-bond acceptors (Lipinski definition) is 3. The van der Waals surface area contributed by atoms with Crippen molar-refractivity contribution in [3.05, 3.63) is 28.8 Å². The maximum atomic E-state index is 10.6. The zero-order valence-electron chi connectivity index (χ0n) is 10.7. The summed E-state index contributed by atoms with van der Waals surface area (Å²) in [6.45, 7) is 5.18. The van der Waals surface area contributed by atoms with Gasteiger partial charge >= 0.3 is 0 Å². The molecule has 1 amide bonds. The van der Waals surface area contributed by atoms with Crippen molar-refractivity contribution in [2.75, 3.05) is 6.61 Å². The molecule has 18 heavy (non-hydrogen) atoms. The number of nitrogens with two attached hydrogens (primary N) is 1. The molecule has 0 spiro atoms. The van der Waals surface area contributed by atoms with Crippen LogP contribution in [0.1, 0.15) is 25.8 Å². The largest absolute Gasteiger partial charge is 0.491 e. The Labute approximate surface area is 112 Å². The van der Waals surface area contributed by atoms with E-state index in [1.54, 1.807) is 6.07 Å². The average molecular weight is 271 g/mol. The molecule has 0 aliphatic heterocycles. The monoisotopic (exact) mass is 270 g/mol. The van der Waals surface area contributed by atoms with Crippen LogP contribution in [0.15, 0.2) is 18.2 Å². The Bertz CT molecular complexity index is 408. The molecule has 0 unspecified atom stereocenters. The van der Waals surface area contributed by atoms with Gasteiger partial charge in [-0.25, -0.2) is 0 Å². The van der Waals surface area contributed by atoms with E-state index >= 15 is 0 Å². The van der Waals surface area contributed by atoms with Gasteiger partial charge in [-0.15, -0.1) is 0 Å². The summed E-state index contributed by atoms with van der Waals surface area (Å²) >= 11 is 6.09. The highest BCUT2D eigenvalue weighted by atomic mass is 35.5. The second-order valence-corrected chi connectivity index (χ2v) is 4.77. The number of ether oxygens (including phenoxy) is 1. The molecule has 0 aliphatic carbocycles. The van der Waals surface area contributed by atoms with Gasteiger partial charge in [-0.1, -0.05) is 31.5 Å². The van der Waals surface area contributed by atoms with E-state index in [1.807, 2.05) is 12.1 Å². The Hall–Kier alpha value is -1.26. The predicted octanol–water partition coefficient (Wildman–Crippen LogP) is 2.09. The topological polar surface area (TPSA) is 64.3 Å². The Morgan fingerprint density at radius 1 is 1.50 bits per heavy atom. The average Bonchev–Trinajstić information content (AvgIpc) is 2.28. The number of halogens is 1. The molecule has 0 aliphatic rings. The highest BCUT2D eigenvalue weighted by Gasteiger charge is 2.04. The molecule has 0 saturated heterocycles. The fourth-order valence-corrected chi connectivity index (χ4v) is 1.61. The van der Waals surface area contributed by atoms with Gasteiger partial charge in [0.15, 0.2) is 0 Å². The maximum Gasteiger partial charge on any atom is 0.220 e. The molecule has 0 saturated carbocycles. The van der Waals surface area contributed by atoms with Crippen molar-refractivity contribution >= 4 is 17.5 Å². The first kappa shape index (κ1) is 14.8. The summed E-state index contributed by atoms with van der Waals surface area (Å²) in [5.41, 5.74) is 6.12. The third kappa shape index (κ3) is 5.38. The van der Waals surface area contributed by atoms with Crippen LogP contribution >= 0.6 is 11.6 Å². The zero-order valence-corrected chi connectivity index (χ0v) is 11.5. The molecule has 1 aromatic carbocycles. The van der Waals surface area contributed by atoms with Crippen molar-refractivity contribution in [2.24, 2.45) is 5.73 Å². The van der Waals surface area contributed by atoms with E-state index < -0.39 is 0 Å². The fourth-order valence-electron chi connectivity index (χ4n) is 1.35. The van der Waals surface area contributed by atoms with Crippen molar-refractivity contribution in [3.8, 4) is 5.75 Å². The quantitative estimate of drug-likeness (QED) is 0.797. The molecule has 100 valence electrons. The Morgan fingerprint density at radius 3 is 2.78 bits per heavy atom. The van der Waals surface area contributed by atoms with Crippen molar-refractivity contribution in [1.82, 2.24) is 5.32 Å². The fraction of sp³-hybridized carbons (Fsp3) is 0.462. The molecule has 1 aromatic rings. The van der Waals surface area contributed by atoms with Crippen molar-refractivity contribution in [3.63, 3.8) is 0 Å². The number of amides is 1. The van der Waals surface area contributed by atoms with E-state index in [0.29, 0.717) is 16.8 Å². The van der Waals surface area contributed by atoms with Gasteiger partial charge in [-0.05, 0) is 17.7 Å². The lowest BCUT2D eigenvalue weighted by atomic mass is 10.2. The summed E-state index contributed by atoms with van der Waals surface area (Å²) in [5, 5.41) is 3.85. The van der Waals surface area contributed by atoms with Crippen molar-refractivity contribution in [1.29, 1.82) is 0 Å². The zero-order chi connectivity index (χ0) is 13.5.